The fraction of sp³-hybridized carbons (Fsp3) is 0.276. The summed E-state index contributed by atoms with van der Waals surface area (Å²) in [5.74, 6) is -1.02. The monoisotopic (exact) mass is 482 g/mol. The van der Waals surface area contributed by atoms with Crippen molar-refractivity contribution in [1.82, 2.24) is 5.06 Å². The molecule has 3 aromatic carbocycles. The van der Waals surface area contributed by atoms with Crippen molar-refractivity contribution in [3.05, 3.63) is 89.0 Å². The van der Waals surface area contributed by atoms with E-state index in [2.05, 4.69) is 29.2 Å². The Kier molecular flexibility index (Phi) is 5.57. The Balaban J connectivity index is 1.25. The van der Waals surface area contributed by atoms with Crippen LogP contribution in [0.3, 0.4) is 0 Å². The average molecular weight is 483 g/mol. The molecule has 1 atom stereocenters. The third-order valence-electron chi connectivity index (χ3n) is 7.31. The number of nitrogens with zero attached hydrogens (tertiary/aromatic N) is 2. The molecule has 7 nitrogen and oxygen atoms in total. The van der Waals surface area contributed by atoms with E-state index < -0.39 is 24.1 Å². The number of anilines is 1. The van der Waals surface area contributed by atoms with Gasteiger partial charge in [-0.05, 0) is 61.9 Å². The number of hydroxylamine groups is 2. The molecule has 0 N–H and O–H groups in total. The Labute approximate surface area is 208 Å². The highest BCUT2D eigenvalue weighted by Gasteiger charge is 2.38. The lowest BCUT2D eigenvalue weighted by molar-refractivity contribution is -0.206. The highest BCUT2D eigenvalue weighted by Crippen LogP contribution is 2.38. The molecule has 1 unspecified atom stereocenters. The highest BCUT2D eigenvalue weighted by molar-refractivity contribution is 6.26. The van der Waals surface area contributed by atoms with Gasteiger partial charge in [0.2, 0.25) is 6.29 Å². The number of carbonyl (C=O) groups excluding carboxylic acids is 3. The number of hydrogen-bond donors (Lipinski definition) is 0. The molecule has 0 saturated carbocycles. The van der Waals surface area contributed by atoms with Gasteiger partial charge in [0.15, 0.2) is 0 Å². The van der Waals surface area contributed by atoms with E-state index in [9.17, 15) is 14.4 Å². The van der Waals surface area contributed by atoms with Gasteiger partial charge in [-0.1, -0.05) is 42.5 Å². The summed E-state index contributed by atoms with van der Waals surface area (Å²) in [7, 11) is 0. The van der Waals surface area contributed by atoms with Crippen LogP contribution in [0.4, 0.5) is 5.69 Å². The van der Waals surface area contributed by atoms with Crippen molar-refractivity contribution in [2.45, 2.75) is 32.5 Å². The van der Waals surface area contributed by atoms with Crippen molar-refractivity contribution in [3.8, 4) is 0 Å². The Morgan fingerprint density at radius 3 is 2.31 bits per heavy atom. The van der Waals surface area contributed by atoms with E-state index in [1.165, 1.54) is 11.6 Å². The van der Waals surface area contributed by atoms with Gasteiger partial charge in [-0.15, -0.1) is 5.06 Å². The lowest BCUT2D eigenvalue weighted by Gasteiger charge is -2.35. The number of benzene rings is 3. The first kappa shape index (κ1) is 22.5. The zero-order chi connectivity index (χ0) is 24.8. The van der Waals surface area contributed by atoms with Crippen LogP contribution in [0.5, 0.6) is 0 Å². The van der Waals surface area contributed by atoms with Gasteiger partial charge in [0.25, 0.3) is 11.8 Å². The molecule has 182 valence electrons. The van der Waals surface area contributed by atoms with E-state index in [0.29, 0.717) is 33.1 Å². The van der Waals surface area contributed by atoms with Crippen LogP contribution in [0.2, 0.25) is 0 Å². The largest absolute Gasteiger partial charge is 0.426 e. The first-order valence-corrected chi connectivity index (χ1v) is 12.3. The quantitative estimate of drug-likeness (QED) is 0.389. The SMILES string of the molecule is CC1=CC(ON2C(=O)c3cccc4c(N5CCC(Cc6ccccc6)CC5)ccc(c34)C2=O)OC1=O. The smallest absolute Gasteiger partial charge is 0.336 e. The molecule has 2 amide bonds. The van der Waals surface area contributed by atoms with Gasteiger partial charge in [0, 0.05) is 35.1 Å². The summed E-state index contributed by atoms with van der Waals surface area (Å²) >= 11 is 0. The first-order chi connectivity index (χ1) is 17.5. The summed E-state index contributed by atoms with van der Waals surface area (Å²) in [6.07, 6.45) is 3.60. The minimum Gasteiger partial charge on any atom is -0.426 e. The molecule has 3 aliphatic heterocycles. The predicted octanol–water partition coefficient (Wildman–Crippen LogP) is 4.66. The number of amides is 2. The predicted molar refractivity (Wildman–Crippen MR) is 134 cm³/mol. The third kappa shape index (κ3) is 3.85. The van der Waals surface area contributed by atoms with Gasteiger partial charge in [-0.2, -0.15) is 0 Å². The van der Waals surface area contributed by atoms with Crippen molar-refractivity contribution in [2.75, 3.05) is 18.0 Å². The molecule has 0 aromatic heterocycles. The summed E-state index contributed by atoms with van der Waals surface area (Å²) in [5.41, 5.74) is 3.57. The fourth-order valence-electron chi connectivity index (χ4n) is 5.42. The molecule has 36 heavy (non-hydrogen) atoms. The van der Waals surface area contributed by atoms with Crippen molar-refractivity contribution in [2.24, 2.45) is 5.92 Å². The van der Waals surface area contributed by atoms with E-state index in [0.717, 1.165) is 43.4 Å². The van der Waals surface area contributed by atoms with E-state index in [1.54, 1.807) is 19.1 Å². The van der Waals surface area contributed by atoms with Crippen LogP contribution in [0.25, 0.3) is 10.8 Å². The van der Waals surface area contributed by atoms with Crippen LogP contribution in [0, 0.1) is 5.92 Å². The Morgan fingerprint density at radius 2 is 1.61 bits per heavy atom. The maximum Gasteiger partial charge on any atom is 0.336 e. The van der Waals surface area contributed by atoms with Crippen molar-refractivity contribution < 1.29 is 24.0 Å². The molecule has 0 aliphatic carbocycles. The average Bonchev–Trinajstić information content (AvgIpc) is 3.22. The molecule has 1 fully saturated rings. The number of carbonyl (C=O) groups is 3. The second-order valence-corrected chi connectivity index (χ2v) is 9.61. The molecule has 0 bridgehead atoms. The molecule has 6 rings (SSSR count). The number of piperidine rings is 1. The zero-order valence-electron chi connectivity index (χ0n) is 20.0. The lowest BCUT2D eigenvalue weighted by atomic mass is 9.89. The molecule has 3 aliphatic rings. The highest BCUT2D eigenvalue weighted by atomic mass is 16.8. The summed E-state index contributed by atoms with van der Waals surface area (Å²) < 4.78 is 5.07. The molecule has 0 radical (unpaired) electrons. The third-order valence-corrected chi connectivity index (χ3v) is 7.31. The molecule has 0 spiro atoms. The van der Waals surface area contributed by atoms with Crippen molar-refractivity contribution >= 4 is 34.2 Å². The van der Waals surface area contributed by atoms with Crippen molar-refractivity contribution in [3.63, 3.8) is 0 Å². The van der Waals surface area contributed by atoms with Crippen LogP contribution < -0.4 is 4.90 Å². The van der Waals surface area contributed by atoms with Crippen LogP contribution in [-0.4, -0.2) is 42.2 Å². The Bertz CT molecular complexity index is 1380. The lowest BCUT2D eigenvalue weighted by Crippen LogP contribution is -2.43. The van der Waals surface area contributed by atoms with Crippen LogP contribution in [0.1, 0.15) is 46.0 Å². The second kappa shape index (κ2) is 8.91. The molecule has 1 saturated heterocycles. The number of ether oxygens (including phenoxy) is 1. The van der Waals surface area contributed by atoms with Gasteiger partial charge in [-0.3, -0.25) is 9.59 Å². The second-order valence-electron chi connectivity index (χ2n) is 9.61. The number of esters is 1. The van der Waals surface area contributed by atoms with Crippen LogP contribution in [-0.2, 0) is 20.8 Å². The van der Waals surface area contributed by atoms with E-state index >= 15 is 0 Å². The number of hydrogen-bond acceptors (Lipinski definition) is 6. The zero-order valence-corrected chi connectivity index (χ0v) is 20.0. The molecule has 7 heteroatoms. The van der Waals surface area contributed by atoms with Gasteiger partial charge in [0.05, 0.1) is 11.1 Å². The van der Waals surface area contributed by atoms with Crippen molar-refractivity contribution in [1.29, 1.82) is 0 Å². The van der Waals surface area contributed by atoms with Crippen LogP contribution >= 0.6 is 0 Å². The molecular weight excluding hydrogens is 456 g/mol. The maximum absolute atomic E-state index is 13.3. The summed E-state index contributed by atoms with van der Waals surface area (Å²) in [6.45, 7) is 3.44. The topological polar surface area (TPSA) is 76.2 Å². The summed E-state index contributed by atoms with van der Waals surface area (Å²) in [6, 6.07) is 19.8. The fourth-order valence-corrected chi connectivity index (χ4v) is 5.42. The number of imide groups is 1. The maximum atomic E-state index is 13.3. The molecule has 3 heterocycles. The van der Waals surface area contributed by atoms with Gasteiger partial charge < -0.3 is 9.64 Å². The van der Waals surface area contributed by atoms with E-state index in [1.807, 2.05) is 24.3 Å². The minimum absolute atomic E-state index is 0.372. The Hall–Kier alpha value is -3.97. The van der Waals surface area contributed by atoms with Crippen LogP contribution in [0.15, 0.2) is 72.3 Å². The van der Waals surface area contributed by atoms with Gasteiger partial charge in [-0.25, -0.2) is 9.63 Å². The summed E-state index contributed by atoms with van der Waals surface area (Å²) in [5, 5.41) is 2.24. The normalized spacial score (nSPS) is 20.2. The first-order valence-electron chi connectivity index (χ1n) is 12.3. The van der Waals surface area contributed by atoms with Gasteiger partial charge in [0.1, 0.15) is 0 Å². The molecular formula is C29H26N2O5. The van der Waals surface area contributed by atoms with E-state index in [4.69, 9.17) is 9.57 Å². The molecule has 3 aromatic rings. The summed E-state index contributed by atoms with van der Waals surface area (Å²) in [4.78, 5) is 46.1. The number of rotatable bonds is 5. The van der Waals surface area contributed by atoms with Gasteiger partial charge >= 0.3 is 5.97 Å². The minimum atomic E-state index is -1.11. The number of cyclic esters (lactones) is 1. The Morgan fingerprint density at radius 1 is 0.889 bits per heavy atom. The van der Waals surface area contributed by atoms with E-state index in [-0.39, 0.29) is 0 Å². The standard InChI is InChI=1S/C29H26N2O5/c1-18-16-25(35-29(18)34)36-31-27(32)22-9-5-8-21-24(11-10-23(26(21)22)28(31)33)30-14-12-20(13-15-30)17-19-6-3-2-4-7-19/h2-11,16,20,25H,12-15,17H2,1H3.